The first-order valence-electron chi connectivity index (χ1n) is 5.08. The average Bonchev–Trinajstić information content (AvgIpc) is 2.17. The van der Waals surface area contributed by atoms with E-state index in [1.54, 1.807) is 0 Å². The van der Waals surface area contributed by atoms with E-state index in [1.807, 2.05) is 0 Å². The highest BCUT2D eigenvalue weighted by Crippen LogP contribution is 2.00. The van der Waals surface area contributed by atoms with Gasteiger partial charge in [-0.3, -0.25) is 4.90 Å². The van der Waals surface area contributed by atoms with Crippen LogP contribution in [0.2, 0.25) is 0 Å². The van der Waals surface area contributed by atoms with Crippen LogP contribution in [0.25, 0.3) is 0 Å². The smallest absolute Gasteiger partial charge is 0.0594 e. The predicted octanol–water partition coefficient (Wildman–Crippen LogP) is -0.615. The molecule has 1 fully saturated rings. The first kappa shape index (κ1) is 10.9. The van der Waals surface area contributed by atoms with E-state index in [2.05, 4.69) is 4.90 Å². The van der Waals surface area contributed by atoms with Gasteiger partial charge in [-0.05, 0) is 25.9 Å². The van der Waals surface area contributed by atoms with Gasteiger partial charge in [-0.2, -0.15) is 0 Å². The Labute approximate surface area is 80.2 Å². The van der Waals surface area contributed by atoms with Crippen molar-refractivity contribution in [3.05, 3.63) is 0 Å². The molecule has 0 aromatic carbocycles. The van der Waals surface area contributed by atoms with Crippen LogP contribution in [-0.4, -0.2) is 50.3 Å². The molecule has 13 heavy (non-hydrogen) atoms. The maximum atomic E-state index is 5.86. The maximum Gasteiger partial charge on any atom is 0.0594 e. The normalized spacial score (nSPS) is 21.7. The van der Waals surface area contributed by atoms with Gasteiger partial charge in [0.25, 0.3) is 0 Å². The SMILES string of the molecule is NCCC(N)CCN1CCOCC1. The summed E-state index contributed by atoms with van der Waals surface area (Å²) in [6.07, 6.45) is 1.99. The van der Waals surface area contributed by atoms with Crippen molar-refractivity contribution in [1.29, 1.82) is 0 Å². The fourth-order valence-electron chi connectivity index (χ4n) is 1.53. The molecule has 1 aliphatic heterocycles. The molecular weight excluding hydrogens is 166 g/mol. The Hall–Kier alpha value is -0.160. The summed E-state index contributed by atoms with van der Waals surface area (Å²) in [4.78, 5) is 2.40. The number of morpholine rings is 1. The number of ether oxygens (including phenoxy) is 1. The first-order valence-corrected chi connectivity index (χ1v) is 5.08. The van der Waals surface area contributed by atoms with Crippen LogP contribution in [0, 0.1) is 0 Å². The molecule has 78 valence electrons. The predicted molar refractivity (Wildman–Crippen MR) is 53.5 cm³/mol. The first-order chi connectivity index (χ1) is 6.33. The Morgan fingerprint density at radius 2 is 1.92 bits per heavy atom. The van der Waals surface area contributed by atoms with Gasteiger partial charge in [-0.25, -0.2) is 0 Å². The minimum absolute atomic E-state index is 0.271. The van der Waals surface area contributed by atoms with Gasteiger partial charge in [0.2, 0.25) is 0 Å². The highest BCUT2D eigenvalue weighted by molar-refractivity contribution is 4.67. The van der Waals surface area contributed by atoms with Crippen LogP contribution < -0.4 is 11.5 Å². The zero-order chi connectivity index (χ0) is 9.52. The molecule has 1 atom stereocenters. The standard InChI is InChI=1S/C9H21N3O/c10-3-1-9(11)2-4-12-5-7-13-8-6-12/h9H,1-8,10-11H2. The molecule has 0 spiro atoms. The zero-order valence-electron chi connectivity index (χ0n) is 8.24. The van der Waals surface area contributed by atoms with Crippen molar-refractivity contribution < 1.29 is 4.74 Å². The van der Waals surface area contributed by atoms with E-state index in [0.717, 1.165) is 45.7 Å². The fraction of sp³-hybridized carbons (Fsp3) is 1.00. The lowest BCUT2D eigenvalue weighted by Crippen LogP contribution is -2.39. The van der Waals surface area contributed by atoms with Crippen LogP contribution in [0.4, 0.5) is 0 Å². The van der Waals surface area contributed by atoms with Crippen molar-refractivity contribution in [2.45, 2.75) is 18.9 Å². The van der Waals surface area contributed by atoms with Gasteiger partial charge in [0, 0.05) is 19.1 Å². The van der Waals surface area contributed by atoms with Crippen molar-refractivity contribution in [3.63, 3.8) is 0 Å². The lowest BCUT2D eigenvalue weighted by atomic mass is 10.1. The largest absolute Gasteiger partial charge is 0.379 e. The van der Waals surface area contributed by atoms with Crippen LogP contribution in [0.5, 0.6) is 0 Å². The third-order valence-electron chi connectivity index (χ3n) is 2.46. The van der Waals surface area contributed by atoms with Gasteiger partial charge in [0.1, 0.15) is 0 Å². The van der Waals surface area contributed by atoms with E-state index in [1.165, 1.54) is 0 Å². The van der Waals surface area contributed by atoms with Gasteiger partial charge < -0.3 is 16.2 Å². The summed E-state index contributed by atoms with van der Waals surface area (Å²) < 4.78 is 5.26. The van der Waals surface area contributed by atoms with Crippen LogP contribution >= 0.6 is 0 Å². The van der Waals surface area contributed by atoms with Crippen LogP contribution in [0.1, 0.15) is 12.8 Å². The summed E-state index contributed by atoms with van der Waals surface area (Å²) in [6.45, 7) is 5.62. The van der Waals surface area contributed by atoms with Gasteiger partial charge in [-0.1, -0.05) is 0 Å². The van der Waals surface area contributed by atoms with Gasteiger partial charge in [0.15, 0.2) is 0 Å². The summed E-state index contributed by atoms with van der Waals surface area (Å²) in [5.41, 5.74) is 11.3. The number of nitrogens with zero attached hydrogens (tertiary/aromatic N) is 1. The van der Waals surface area contributed by atoms with Crippen molar-refractivity contribution in [2.75, 3.05) is 39.4 Å². The van der Waals surface area contributed by atoms with E-state index in [0.29, 0.717) is 6.54 Å². The molecule has 0 saturated carbocycles. The highest BCUT2D eigenvalue weighted by Gasteiger charge is 2.11. The van der Waals surface area contributed by atoms with Gasteiger partial charge >= 0.3 is 0 Å². The second-order valence-electron chi connectivity index (χ2n) is 3.58. The van der Waals surface area contributed by atoms with Crippen molar-refractivity contribution in [2.24, 2.45) is 11.5 Å². The molecule has 0 aliphatic carbocycles. The summed E-state index contributed by atoms with van der Waals surface area (Å²) in [5.74, 6) is 0. The minimum atomic E-state index is 0.271. The highest BCUT2D eigenvalue weighted by atomic mass is 16.5. The number of nitrogens with two attached hydrogens (primary N) is 2. The number of hydrogen-bond acceptors (Lipinski definition) is 4. The molecule has 0 radical (unpaired) electrons. The molecule has 0 bridgehead atoms. The molecule has 1 rings (SSSR count). The topological polar surface area (TPSA) is 64.5 Å². The van der Waals surface area contributed by atoms with E-state index in [9.17, 15) is 0 Å². The van der Waals surface area contributed by atoms with Crippen molar-refractivity contribution in [3.8, 4) is 0 Å². The summed E-state index contributed by atoms with van der Waals surface area (Å²) >= 11 is 0. The molecule has 0 amide bonds. The zero-order valence-corrected chi connectivity index (χ0v) is 8.24. The van der Waals surface area contributed by atoms with Gasteiger partial charge in [0.05, 0.1) is 13.2 Å². The molecule has 4 nitrogen and oxygen atoms in total. The Balaban J connectivity index is 2.03. The molecule has 1 heterocycles. The van der Waals surface area contributed by atoms with Crippen LogP contribution in [0.15, 0.2) is 0 Å². The molecule has 0 aromatic heterocycles. The van der Waals surface area contributed by atoms with Crippen molar-refractivity contribution >= 4 is 0 Å². The van der Waals surface area contributed by atoms with E-state index >= 15 is 0 Å². The summed E-state index contributed by atoms with van der Waals surface area (Å²) in [5, 5.41) is 0. The third-order valence-corrected chi connectivity index (χ3v) is 2.46. The second-order valence-corrected chi connectivity index (χ2v) is 3.58. The molecule has 1 aliphatic rings. The minimum Gasteiger partial charge on any atom is -0.379 e. The summed E-state index contributed by atoms with van der Waals surface area (Å²) in [6, 6.07) is 0.271. The van der Waals surface area contributed by atoms with Crippen molar-refractivity contribution in [1.82, 2.24) is 4.90 Å². The lowest BCUT2D eigenvalue weighted by Gasteiger charge is -2.27. The Morgan fingerprint density at radius 1 is 1.23 bits per heavy atom. The summed E-state index contributed by atoms with van der Waals surface area (Å²) in [7, 11) is 0. The molecular formula is C9H21N3O. The maximum absolute atomic E-state index is 5.86. The quantitative estimate of drug-likeness (QED) is 0.602. The van der Waals surface area contributed by atoms with E-state index in [-0.39, 0.29) is 6.04 Å². The Morgan fingerprint density at radius 3 is 2.54 bits per heavy atom. The number of rotatable bonds is 5. The third kappa shape index (κ3) is 4.57. The van der Waals surface area contributed by atoms with E-state index < -0.39 is 0 Å². The van der Waals surface area contributed by atoms with Gasteiger partial charge in [-0.15, -0.1) is 0 Å². The number of hydrogen-bond donors (Lipinski definition) is 2. The molecule has 0 aromatic rings. The fourth-order valence-corrected chi connectivity index (χ4v) is 1.53. The monoisotopic (exact) mass is 187 g/mol. The second kappa shape index (κ2) is 6.32. The average molecular weight is 187 g/mol. The van der Waals surface area contributed by atoms with E-state index in [4.69, 9.17) is 16.2 Å². The molecule has 4 heteroatoms. The molecule has 1 saturated heterocycles. The lowest BCUT2D eigenvalue weighted by molar-refractivity contribution is 0.0366. The molecule has 1 unspecified atom stereocenters. The van der Waals surface area contributed by atoms with Crippen LogP contribution in [0.3, 0.4) is 0 Å². The molecule has 4 N–H and O–H groups in total. The van der Waals surface area contributed by atoms with Crippen LogP contribution in [-0.2, 0) is 4.74 Å². The Kier molecular flexibility index (Phi) is 5.31. The Bertz CT molecular complexity index is 126.